The van der Waals surface area contributed by atoms with Crippen molar-refractivity contribution in [3.05, 3.63) is 86.5 Å². The molecule has 0 spiro atoms. The van der Waals surface area contributed by atoms with Gasteiger partial charge in [0.2, 0.25) is 0 Å². The Kier molecular flexibility index (Phi) is 18.2. The van der Waals surface area contributed by atoms with Gasteiger partial charge in [0.1, 0.15) is 0 Å². The van der Waals surface area contributed by atoms with Crippen LogP contribution in [0.4, 0.5) is 101 Å². The van der Waals surface area contributed by atoms with E-state index in [0.717, 1.165) is 0 Å². The van der Waals surface area contributed by atoms with Gasteiger partial charge in [-0.2, -0.15) is 101 Å². The lowest BCUT2D eigenvalue weighted by atomic mass is 9.85. The van der Waals surface area contributed by atoms with Crippen molar-refractivity contribution in [1.82, 2.24) is 0 Å². The van der Waals surface area contributed by atoms with Gasteiger partial charge in [-0.15, -0.1) is 0 Å². The van der Waals surface area contributed by atoms with Crippen molar-refractivity contribution >= 4 is 16.3 Å². The SMILES string of the molecule is CCc1cc(CC)c(S(OC(=O)C(F)(F)C(F)(F)C(F)(F)C(F)(F)C(F)(F)C(F)(F)C(F)(F)C(F)(F)C(F)(F)C(F)(F)C(F)(F)F)(c2c(CC)cc(CC)cc2CC)c2c(CC)cc(CC)cc2CC)c(CC)c1. The third-order valence-electron chi connectivity index (χ3n) is 12.6. The molecule has 0 aliphatic carbocycles. The molecule has 0 saturated heterocycles. The molecule has 0 aromatic heterocycles. The first-order chi connectivity index (χ1) is 33.4. The maximum atomic E-state index is 16.6. The van der Waals surface area contributed by atoms with Crippen LogP contribution in [0, 0.1) is 0 Å². The summed E-state index contributed by atoms with van der Waals surface area (Å²) in [5.74, 6) is -94.7. The molecule has 26 heteroatoms. The summed E-state index contributed by atoms with van der Waals surface area (Å²) in [7, 11) is -4.67. The maximum absolute atomic E-state index is 16.6. The molecule has 3 aromatic carbocycles. The van der Waals surface area contributed by atoms with Gasteiger partial charge in [0.05, 0.1) is 0 Å². The minimum atomic E-state index is -9.58. The van der Waals surface area contributed by atoms with Crippen molar-refractivity contribution in [2.24, 2.45) is 0 Å². The van der Waals surface area contributed by atoms with E-state index in [1.54, 1.807) is 20.8 Å². The average Bonchev–Trinajstić information content (AvgIpc) is 3.33. The van der Waals surface area contributed by atoms with Gasteiger partial charge in [-0.05, 0) is 118 Å². The molecular weight excluding hydrogens is 1080 g/mol. The molecule has 0 saturated carbocycles. The lowest BCUT2D eigenvalue weighted by Crippen LogP contribution is -2.78. The van der Waals surface area contributed by atoms with Crippen molar-refractivity contribution in [2.75, 3.05) is 0 Å². The lowest BCUT2D eigenvalue weighted by Gasteiger charge is -2.48. The Labute approximate surface area is 412 Å². The van der Waals surface area contributed by atoms with Crippen LogP contribution in [0.25, 0.3) is 0 Å². The van der Waals surface area contributed by atoms with E-state index in [9.17, 15) is 61.9 Å². The predicted molar refractivity (Wildman–Crippen MR) is 228 cm³/mol. The monoisotopic (exact) mass is 1130 g/mol. The summed E-state index contributed by atoms with van der Waals surface area (Å²) in [6.07, 6.45) is -8.05. The zero-order valence-corrected chi connectivity index (χ0v) is 41.6. The highest BCUT2D eigenvalue weighted by atomic mass is 32.3. The standard InChI is InChI=1S/C48H51F23O2S/c1-10-25-19-28(13-4)34(29(14-5)20-25)74(35-30(15-6)21-26(11-2)22-31(35)16-7,36-32(17-8)23-27(12-3)24-33(36)18-9)73-37(72)38(49,50)39(51,52)40(53,54)41(55,56)42(57,58)43(59,60)44(61,62)45(63,64)46(65,66)47(67,68)48(69,70)71/h19-24H,10-18H2,1-9H3. The van der Waals surface area contributed by atoms with Crippen LogP contribution in [0.2, 0.25) is 0 Å². The summed E-state index contributed by atoms with van der Waals surface area (Å²) < 4.78 is 342. The van der Waals surface area contributed by atoms with Gasteiger partial charge in [-0.25, -0.2) is 4.79 Å². The van der Waals surface area contributed by atoms with E-state index in [2.05, 4.69) is 0 Å². The molecule has 2 nitrogen and oxygen atoms in total. The van der Waals surface area contributed by atoms with Gasteiger partial charge in [-0.1, -0.05) is 98.7 Å². The average molecular weight is 1130 g/mol. The Hall–Kier alpha value is -4.13. The smallest absolute Gasteiger partial charge is 0.397 e. The Morgan fingerprint density at radius 2 is 0.514 bits per heavy atom. The summed E-state index contributed by atoms with van der Waals surface area (Å²) in [6, 6.07) is 9.01. The minimum absolute atomic E-state index is 0.113. The normalized spacial score (nSPS) is 14.7. The molecule has 0 atom stereocenters. The third-order valence-corrected chi connectivity index (χ3v) is 16.3. The van der Waals surface area contributed by atoms with E-state index in [4.69, 9.17) is 4.18 Å². The van der Waals surface area contributed by atoms with Crippen molar-refractivity contribution < 1.29 is 110 Å². The van der Waals surface area contributed by atoms with Crippen molar-refractivity contribution in [3.63, 3.8) is 0 Å². The number of hydrogen-bond acceptors (Lipinski definition) is 2. The van der Waals surface area contributed by atoms with E-state index in [-0.39, 0.29) is 106 Å². The van der Waals surface area contributed by atoms with E-state index in [1.165, 1.54) is 77.9 Å². The minimum Gasteiger partial charge on any atom is -0.397 e. The van der Waals surface area contributed by atoms with Gasteiger partial charge in [-0.3, -0.25) is 0 Å². The second kappa shape index (κ2) is 21.0. The van der Waals surface area contributed by atoms with Crippen molar-refractivity contribution in [2.45, 2.75) is 200 Å². The zero-order valence-electron chi connectivity index (χ0n) is 40.7. The second-order valence-electron chi connectivity index (χ2n) is 17.1. The van der Waals surface area contributed by atoms with Gasteiger partial charge in [0.25, 0.3) is 0 Å². The van der Waals surface area contributed by atoms with Crippen LogP contribution in [-0.4, -0.2) is 71.4 Å². The summed E-state index contributed by atoms with van der Waals surface area (Å²) >= 11 is 0. The van der Waals surface area contributed by atoms with Crippen LogP contribution in [0.3, 0.4) is 0 Å². The van der Waals surface area contributed by atoms with Crippen molar-refractivity contribution in [3.8, 4) is 0 Å². The fraction of sp³-hybridized carbons (Fsp3) is 0.604. The Morgan fingerprint density at radius 3 is 0.689 bits per heavy atom. The van der Waals surface area contributed by atoms with Crippen LogP contribution in [0.5, 0.6) is 0 Å². The van der Waals surface area contributed by atoms with Crippen LogP contribution in [0.1, 0.15) is 112 Å². The molecule has 0 fully saturated rings. The lowest BCUT2D eigenvalue weighted by molar-refractivity contribution is -0.477. The molecular formula is C48H51F23O2S. The van der Waals surface area contributed by atoms with Gasteiger partial charge in [0.15, 0.2) is 0 Å². The summed E-state index contributed by atoms with van der Waals surface area (Å²) in [4.78, 5) is 13.8. The highest BCUT2D eigenvalue weighted by molar-refractivity contribution is 8.30. The third kappa shape index (κ3) is 9.28. The number of benzene rings is 3. The number of carbonyl (C=O) groups is 1. The fourth-order valence-corrected chi connectivity index (χ4v) is 12.9. The number of halogens is 23. The molecule has 0 N–H and O–H groups in total. The molecule has 0 amide bonds. The highest BCUT2D eigenvalue weighted by Gasteiger charge is 2.99. The molecule has 3 aromatic rings. The maximum Gasteiger partial charge on any atom is 0.460 e. The number of aryl methyl sites for hydroxylation is 9. The van der Waals surface area contributed by atoms with Crippen LogP contribution in [-0.2, 0) is 66.8 Å². The molecule has 0 aliphatic rings. The van der Waals surface area contributed by atoms with Gasteiger partial charge in [0, 0.05) is 14.7 Å². The van der Waals surface area contributed by atoms with Crippen LogP contribution in [0.15, 0.2) is 51.1 Å². The van der Waals surface area contributed by atoms with Crippen molar-refractivity contribution in [1.29, 1.82) is 0 Å². The van der Waals surface area contributed by atoms with E-state index in [1.807, 2.05) is 0 Å². The predicted octanol–water partition coefficient (Wildman–Crippen LogP) is 17.4. The van der Waals surface area contributed by atoms with E-state index in [0.29, 0.717) is 16.7 Å². The first-order valence-electron chi connectivity index (χ1n) is 22.8. The molecule has 0 radical (unpaired) electrons. The molecule has 422 valence electrons. The van der Waals surface area contributed by atoms with Gasteiger partial charge >= 0.3 is 71.4 Å². The van der Waals surface area contributed by atoms with Crippen LogP contribution < -0.4 is 0 Å². The molecule has 3 rings (SSSR count). The molecule has 0 unspecified atom stereocenters. The summed E-state index contributed by atoms with van der Waals surface area (Å²) in [5.41, 5.74) is 2.47. The number of carbonyl (C=O) groups excluding carboxylic acids is 1. The fourth-order valence-electron chi connectivity index (χ4n) is 8.26. The quantitative estimate of drug-likeness (QED) is 0.0885. The summed E-state index contributed by atoms with van der Waals surface area (Å²) in [5, 5.41) is 0. The van der Waals surface area contributed by atoms with Gasteiger partial charge < -0.3 is 4.18 Å². The number of rotatable bonds is 23. The zero-order chi connectivity index (χ0) is 57.8. The van der Waals surface area contributed by atoms with E-state index >= 15 is 43.9 Å². The first-order valence-corrected chi connectivity index (χ1v) is 24.4. The largest absolute Gasteiger partial charge is 0.460 e. The van der Waals surface area contributed by atoms with E-state index < -0.39 is 81.7 Å². The molecule has 74 heavy (non-hydrogen) atoms. The van der Waals surface area contributed by atoms with Crippen LogP contribution >= 0.6 is 10.3 Å². The summed E-state index contributed by atoms with van der Waals surface area (Å²) in [6.45, 7) is 14.1. The highest BCUT2D eigenvalue weighted by Crippen LogP contribution is 2.76. The Bertz CT molecular complexity index is 2280. The molecule has 0 heterocycles. The molecule has 0 aliphatic heterocycles. The number of hydrogen-bond donors (Lipinski definition) is 0. The Morgan fingerprint density at radius 1 is 0.324 bits per heavy atom. The number of alkyl halides is 23. The first kappa shape index (κ1) is 64.2. The molecule has 0 bridgehead atoms. The topological polar surface area (TPSA) is 26.3 Å². The second-order valence-corrected chi connectivity index (χ2v) is 19.6. The Balaban J connectivity index is 2.66.